The molecule has 90 valence electrons. The minimum atomic E-state index is 0.506. The van der Waals surface area contributed by atoms with Gasteiger partial charge in [-0.05, 0) is 30.7 Å². The zero-order valence-electron chi connectivity index (χ0n) is 10.0. The van der Waals surface area contributed by atoms with E-state index in [2.05, 4.69) is 15.0 Å². The first kappa shape index (κ1) is 10.7. The van der Waals surface area contributed by atoms with Gasteiger partial charge in [0.2, 0.25) is 5.95 Å². The Kier molecular flexibility index (Phi) is 2.44. The van der Waals surface area contributed by atoms with Gasteiger partial charge in [-0.3, -0.25) is 9.55 Å². The maximum atomic E-state index is 5.85. The maximum absolute atomic E-state index is 5.85. The first-order chi connectivity index (χ1) is 8.79. The van der Waals surface area contributed by atoms with Crippen LogP contribution < -0.4 is 5.73 Å². The van der Waals surface area contributed by atoms with Crippen molar-refractivity contribution in [2.45, 2.75) is 13.5 Å². The summed E-state index contributed by atoms with van der Waals surface area (Å²) in [4.78, 5) is 12.8. The van der Waals surface area contributed by atoms with Gasteiger partial charge in [0.05, 0.1) is 0 Å². The van der Waals surface area contributed by atoms with E-state index < -0.39 is 0 Å². The predicted octanol–water partition coefficient (Wildman–Crippen LogP) is 2.10. The fraction of sp³-hybridized carbons (Fsp3) is 0.154. The molecule has 3 aromatic rings. The Hall–Kier alpha value is -2.43. The minimum absolute atomic E-state index is 0.506. The normalized spacial score (nSPS) is 10.9. The Morgan fingerprint density at radius 2 is 2.00 bits per heavy atom. The third-order valence-corrected chi connectivity index (χ3v) is 2.94. The Balaban J connectivity index is 2.18. The third-order valence-electron chi connectivity index (χ3n) is 2.94. The molecule has 18 heavy (non-hydrogen) atoms. The Morgan fingerprint density at radius 3 is 2.72 bits per heavy atom. The smallest absolute Gasteiger partial charge is 0.202 e. The number of nitrogens with zero attached hydrogens (tertiary/aromatic N) is 4. The molecule has 0 amide bonds. The summed E-state index contributed by atoms with van der Waals surface area (Å²) in [6, 6.07) is 5.90. The molecule has 0 saturated heterocycles. The molecular weight excluding hydrogens is 226 g/mol. The van der Waals surface area contributed by atoms with Crippen LogP contribution in [0.3, 0.4) is 0 Å². The molecule has 0 aromatic carbocycles. The molecular formula is C13H13N5. The fourth-order valence-corrected chi connectivity index (χ4v) is 2.04. The van der Waals surface area contributed by atoms with Crippen molar-refractivity contribution in [1.29, 1.82) is 0 Å². The number of imidazole rings is 1. The van der Waals surface area contributed by atoms with Gasteiger partial charge in [-0.2, -0.15) is 0 Å². The average molecular weight is 239 g/mol. The molecule has 0 aliphatic heterocycles. The summed E-state index contributed by atoms with van der Waals surface area (Å²) in [5, 5.41) is 0. The van der Waals surface area contributed by atoms with Crippen LogP contribution in [0, 0.1) is 0 Å². The topological polar surface area (TPSA) is 69.6 Å². The summed E-state index contributed by atoms with van der Waals surface area (Å²) in [5.41, 5.74) is 9.60. The van der Waals surface area contributed by atoms with Crippen LogP contribution in [0.4, 0.5) is 5.95 Å². The number of aromatic nitrogens is 4. The highest BCUT2D eigenvalue weighted by molar-refractivity contribution is 5.80. The molecule has 0 fully saturated rings. The molecule has 0 radical (unpaired) electrons. The lowest BCUT2D eigenvalue weighted by Crippen LogP contribution is -2.01. The number of fused-ring (bicyclic) bond motifs is 1. The zero-order chi connectivity index (χ0) is 12.5. The number of anilines is 1. The largest absolute Gasteiger partial charge is 0.369 e. The summed E-state index contributed by atoms with van der Waals surface area (Å²) >= 11 is 0. The van der Waals surface area contributed by atoms with Crippen LogP contribution in [0.25, 0.3) is 22.3 Å². The van der Waals surface area contributed by atoms with Gasteiger partial charge in [-0.15, -0.1) is 0 Å². The van der Waals surface area contributed by atoms with Crippen LogP contribution in [0.2, 0.25) is 0 Å². The molecule has 5 heteroatoms. The Labute approximate surface area is 104 Å². The van der Waals surface area contributed by atoms with E-state index in [1.165, 1.54) is 0 Å². The van der Waals surface area contributed by atoms with Crippen LogP contribution in [0.5, 0.6) is 0 Å². The molecule has 3 aromatic heterocycles. The summed E-state index contributed by atoms with van der Waals surface area (Å²) in [6.45, 7) is 2.79. The Morgan fingerprint density at radius 1 is 1.22 bits per heavy atom. The number of rotatable bonds is 2. The van der Waals surface area contributed by atoms with E-state index in [9.17, 15) is 0 Å². The first-order valence-electron chi connectivity index (χ1n) is 5.81. The lowest BCUT2D eigenvalue weighted by atomic mass is 10.1. The number of aryl methyl sites for hydroxylation is 1. The number of nitrogen functional groups attached to an aromatic ring is 1. The number of nitrogens with two attached hydrogens (primary N) is 1. The quantitative estimate of drug-likeness (QED) is 0.743. The summed E-state index contributed by atoms with van der Waals surface area (Å²) in [6.07, 6.45) is 5.36. The summed E-state index contributed by atoms with van der Waals surface area (Å²) in [7, 11) is 0. The van der Waals surface area contributed by atoms with Gasteiger partial charge in [0, 0.05) is 30.7 Å². The highest BCUT2D eigenvalue weighted by atomic mass is 15.2. The van der Waals surface area contributed by atoms with Crippen molar-refractivity contribution in [3.63, 3.8) is 0 Å². The first-order valence-corrected chi connectivity index (χ1v) is 5.81. The Bertz CT molecular complexity index is 687. The zero-order valence-corrected chi connectivity index (χ0v) is 10.0. The third kappa shape index (κ3) is 1.60. The van der Waals surface area contributed by atoms with Gasteiger partial charge < -0.3 is 5.73 Å². The average Bonchev–Trinajstić information content (AvgIpc) is 2.74. The number of hydrogen-bond acceptors (Lipinski definition) is 4. The van der Waals surface area contributed by atoms with Gasteiger partial charge in [0.25, 0.3) is 0 Å². The van der Waals surface area contributed by atoms with Crippen molar-refractivity contribution in [3.05, 3.63) is 36.8 Å². The molecule has 3 heterocycles. The molecule has 5 nitrogen and oxygen atoms in total. The summed E-state index contributed by atoms with van der Waals surface area (Å²) in [5.74, 6) is 0.506. The van der Waals surface area contributed by atoms with E-state index >= 15 is 0 Å². The van der Waals surface area contributed by atoms with Gasteiger partial charge >= 0.3 is 0 Å². The van der Waals surface area contributed by atoms with E-state index in [1.54, 1.807) is 12.4 Å². The predicted molar refractivity (Wildman–Crippen MR) is 70.8 cm³/mol. The van der Waals surface area contributed by atoms with Crippen LogP contribution in [-0.2, 0) is 6.54 Å². The highest BCUT2D eigenvalue weighted by Crippen LogP contribution is 2.23. The molecule has 0 aliphatic carbocycles. The molecule has 0 aliphatic rings. The number of pyridine rings is 2. The van der Waals surface area contributed by atoms with Crippen LogP contribution >= 0.6 is 0 Å². The maximum Gasteiger partial charge on any atom is 0.202 e. The number of hydrogen-bond donors (Lipinski definition) is 1. The van der Waals surface area contributed by atoms with Crippen molar-refractivity contribution in [1.82, 2.24) is 19.5 Å². The van der Waals surface area contributed by atoms with Crippen molar-refractivity contribution in [2.75, 3.05) is 5.73 Å². The SMILES string of the molecule is CCn1c(N)nc2cc(-c3ccncc3)cnc21. The van der Waals surface area contributed by atoms with Crippen molar-refractivity contribution < 1.29 is 0 Å². The van der Waals surface area contributed by atoms with E-state index in [0.29, 0.717) is 5.95 Å². The van der Waals surface area contributed by atoms with E-state index in [-0.39, 0.29) is 0 Å². The van der Waals surface area contributed by atoms with Gasteiger partial charge in [-0.1, -0.05) is 0 Å². The van der Waals surface area contributed by atoms with Crippen LogP contribution in [0.1, 0.15) is 6.92 Å². The molecule has 0 bridgehead atoms. The second kappa shape index (κ2) is 4.10. The molecule has 0 unspecified atom stereocenters. The van der Waals surface area contributed by atoms with Gasteiger partial charge in [-0.25, -0.2) is 9.97 Å². The van der Waals surface area contributed by atoms with E-state index in [4.69, 9.17) is 5.73 Å². The van der Waals surface area contributed by atoms with Gasteiger partial charge in [0.1, 0.15) is 5.52 Å². The van der Waals surface area contributed by atoms with Crippen molar-refractivity contribution >= 4 is 17.1 Å². The van der Waals surface area contributed by atoms with Crippen molar-refractivity contribution in [3.8, 4) is 11.1 Å². The van der Waals surface area contributed by atoms with E-state index in [0.717, 1.165) is 28.8 Å². The monoisotopic (exact) mass is 239 g/mol. The molecule has 2 N–H and O–H groups in total. The molecule has 0 saturated carbocycles. The van der Waals surface area contributed by atoms with Crippen LogP contribution in [-0.4, -0.2) is 19.5 Å². The van der Waals surface area contributed by atoms with Gasteiger partial charge in [0.15, 0.2) is 5.65 Å². The standard InChI is InChI=1S/C13H13N5/c1-2-18-12-11(17-13(18)14)7-10(8-16-12)9-3-5-15-6-4-9/h3-8H,2H2,1H3,(H2,14,17). The second-order valence-electron chi connectivity index (χ2n) is 4.02. The van der Waals surface area contributed by atoms with Crippen LogP contribution in [0.15, 0.2) is 36.8 Å². The summed E-state index contributed by atoms with van der Waals surface area (Å²) < 4.78 is 1.89. The van der Waals surface area contributed by atoms with Crippen molar-refractivity contribution in [2.24, 2.45) is 0 Å². The van der Waals surface area contributed by atoms with E-state index in [1.807, 2.05) is 35.9 Å². The molecule has 0 atom stereocenters. The second-order valence-corrected chi connectivity index (χ2v) is 4.02. The lowest BCUT2D eigenvalue weighted by Gasteiger charge is -2.02. The fourth-order valence-electron chi connectivity index (χ4n) is 2.04. The minimum Gasteiger partial charge on any atom is -0.369 e. The molecule has 0 spiro atoms. The lowest BCUT2D eigenvalue weighted by molar-refractivity contribution is 0.791. The molecule has 3 rings (SSSR count). The highest BCUT2D eigenvalue weighted by Gasteiger charge is 2.09.